The summed E-state index contributed by atoms with van der Waals surface area (Å²) in [5, 5.41) is 6.62. The number of benzene rings is 1. The molecule has 25 heavy (non-hydrogen) atoms. The maximum absolute atomic E-state index is 5.46. The molecule has 0 unspecified atom stereocenters. The first kappa shape index (κ1) is 17.3. The number of allylic oxidation sites excluding steroid dienone is 1. The van der Waals surface area contributed by atoms with E-state index in [1.807, 2.05) is 37.3 Å². The van der Waals surface area contributed by atoms with Crippen LogP contribution < -0.4 is 15.4 Å². The van der Waals surface area contributed by atoms with Crippen molar-refractivity contribution >= 4 is 17.5 Å². The molecule has 3 rings (SSSR count). The van der Waals surface area contributed by atoms with Crippen molar-refractivity contribution in [3.8, 4) is 5.75 Å². The van der Waals surface area contributed by atoms with Gasteiger partial charge in [-0.2, -0.15) is 4.98 Å². The van der Waals surface area contributed by atoms with E-state index in [2.05, 4.69) is 26.7 Å². The number of hydrogen-bond acceptors (Lipinski definition) is 5. The zero-order chi connectivity index (χ0) is 17.3. The van der Waals surface area contributed by atoms with Gasteiger partial charge in [-0.3, -0.25) is 0 Å². The molecule has 0 saturated carbocycles. The Morgan fingerprint density at radius 1 is 1.12 bits per heavy atom. The molecular weight excluding hydrogens is 312 g/mol. The van der Waals surface area contributed by atoms with E-state index in [-0.39, 0.29) is 0 Å². The van der Waals surface area contributed by atoms with E-state index in [0.29, 0.717) is 12.6 Å². The highest BCUT2D eigenvalue weighted by Gasteiger charge is 2.04. The normalized spacial score (nSPS) is 13.9. The highest BCUT2D eigenvalue weighted by Crippen LogP contribution is 2.21. The van der Waals surface area contributed by atoms with Crippen LogP contribution in [0.1, 0.15) is 39.0 Å². The average Bonchev–Trinajstić information content (AvgIpc) is 2.65. The highest BCUT2D eigenvalue weighted by molar-refractivity contribution is 5.57. The summed E-state index contributed by atoms with van der Waals surface area (Å²) in [7, 11) is 0. The molecule has 5 nitrogen and oxygen atoms in total. The lowest BCUT2D eigenvalue weighted by molar-refractivity contribution is 0.340. The fraction of sp³-hybridized carbons (Fsp3) is 0.400. The van der Waals surface area contributed by atoms with Gasteiger partial charge in [0.05, 0.1) is 6.61 Å². The van der Waals surface area contributed by atoms with Crippen LogP contribution in [-0.4, -0.2) is 23.1 Å². The first-order chi connectivity index (χ1) is 12.3. The lowest BCUT2D eigenvalue weighted by atomic mass is 9.97. The van der Waals surface area contributed by atoms with Crippen LogP contribution in [0.25, 0.3) is 0 Å². The van der Waals surface area contributed by atoms with E-state index >= 15 is 0 Å². The summed E-state index contributed by atoms with van der Waals surface area (Å²) in [6.07, 6.45) is 10.3. The van der Waals surface area contributed by atoms with Crippen molar-refractivity contribution in [3.05, 3.63) is 48.2 Å². The summed E-state index contributed by atoms with van der Waals surface area (Å²) in [4.78, 5) is 8.83. The van der Waals surface area contributed by atoms with Crippen LogP contribution in [0.4, 0.5) is 17.5 Å². The van der Waals surface area contributed by atoms with Crippen molar-refractivity contribution in [3.63, 3.8) is 0 Å². The van der Waals surface area contributed by atoms with E-state index in [1.165, 1.54) is 25.7 Å². The number of nitrogens with zero attached hydrogens (tertiary/aromatic N) is 2. The fourth-order valence-corrected chi connectivity index (χ4v) is 2.93. The van der Waals surface area contributed by atoms with Crippen molar-refractivity contribution in [1.82, 2.24) is 9.97 Å². The van der Waals surface area contributed by atoms with Gasteiger partial charge >= 0.3 is 0 Å². The van der Waals surface area contributed by atoms with Gasteiger partial charge < -0.3 is 15.4 Å². The van der Waals surface area contributed by atoms with E-state index in [9.17, 15) is 0 Å². The summed E-state index contributed by atoms with van der Waals surface area (Å²) in [5.74, 6) is 2.31. The SMILES string of the molecule is CCOc1ccc(Nc2ccnc(NCCC3=CCCCC3)n2)cc1. The minimum Gasteiger partial charge on any atom is -0.494 e. The molecule has 1 aliphatic carbocycles. The number of aromatic nitrogens is 2. The van der Waals surface area contributed by atoms with Crippen LogP contribution in [-0.2, 0) is 0 Å². The summed E-state index contributed by atoms with van der Waals surface area (Å²) >= 11 is 0. The molecule has 0 spiro atoms. The molecule has 0 atom stereocenters. The van der Waals surface area contributed by atoms with Crippen molar-refractivity contribution < 1.29 is 4.74 Å². The van der Waals surface area contributed by atoms with Crippen LogP contribution >= 0.6 is 0 Å². The zero-order valence-electron chi connectivity index (χ0n) is 14.8. The number of nitrogens with one attached hydrogen (secondary N) is 2. The van der Waals surface area contributed by atoms with Gasteiger partial charge in [-0.25, -0.2) is 4.98 Å². The van der Waals surface area contributed by atoms with E-state index in [4.69, 9.17) is 4.74 Å². The predicted octanol–water partition coefficient (Wildman–Crippen LogP) is 4.92. The largest absolute Gasteiger partial charge is 0.494 e. The smallest absolute Gasteiger partial charge is 0.224 e. The Labute approximate surface area is 149 Å². The molecule has 0 fully saturated rings. The standard InChI is InChI=1S/C20H26N4O/c1-2-25-18-10-8-17(9-11-18)23-19-13-15-22-20(24-19)21-14-12-16-6-4-3-5-7-16/h6,8-11,13,15H,2-5,7,12,14H2,1H3,(H2,21,22,23,24). The quantitative estimate of drug-likeness (QED) is 0.669. The number of anilines is 3. The Hall–Kier alpha value is -2.56. The Morgan fingerprint density at radius 3 is 2.76 bits per heavy atom. The minimum atomic E-state index is 0.660. The Morgan fingerprint density at radius 2 is 2.00 bits per heavy atom. The number of ether oxygens (including phenoxy) is 1. The minimum absolute atomic E-state index is 0.660. The molecule has 0 radical (unpaired) electrons. The fourth-order valence-electron chi connectivity index (χ4n) is 2.93. The van der Waals surface area contributed by atoms with Crippen LogP contribution in [0.15, 0.2) is 48.2 Å². The monoisotopic (exact) mass is 338 g/mol. The van der Waals surface area contributed by atoms with Crippen LogP contribution in [0.3, 0.4) is 0 Å². The van der Waals surface area contributed by atoms with Gasteiger partial charge in [0.15, 0.2) is 0 Å². The first-order valence-corrected chi connectivity index (χ1v) is 9.08. The van der Waals surface area contributed by atoms with E-state index in [1.54, 1.807) is 11.8 Å². The number of hydrogen-bond donors (Lipinski definition) is 2. The average molecular weight is 338 g/mol. The van der Waals surface area contributed by atoms with Crippen molar-refractivity contribution in [1.29, 1.82) is 0 Å². The second-order valence-corrected chi connectivity index (χ2v) is 6.13. The van der Waals surface area contributed by atoms with Gasteiger partial charge in [-0.1, -0.05) is 11.6 Å². The molecular formula is C20H26N4O. The second kappa shape index (κ2) is 9.06. The van der Waals surface area contributed by atoms with Gasteiger partial charge in [0.25, 0.3) is 0 Å². The molecule has 132 valence electrons. The van der Waals surface area contributed by atoms with Crippen molar-refractivity contribution in [2.45, 2.75) is 39.0 Å². The third-order valence-corrected chi connectivity index (χ3v) is 4.21. The maximum atomic E-state index is 5.46. The van der Waals surface area contributed by atoms with Crippen molar-refractivity contribution in [2.24, 2.45) is 0 Å². The Bertz CT molecular complexity index is 697. The van der Waals surface area contributed by atoms with Gasteiger partial charge in [-0.05, 0) is 69.4 Å². The van der Waals surface area contributed by atoms with Crippen LogP contribution in [0.2, 0.25) is 0 Å². The zero-order valence-corrected chi connectivity index (χ0v) is 14.8. The van der Waals surface area contributed by atoms with Gasteiger partial charge in [0.1, 0.15) is 11.6 Å². The highest BCUT2D eigenvalue weighted by atomic mass is 16.5. The molecule has 0 saturated heterocycles. The molecule has 0 bridgehead atoms. The molecule has 1 heterocycles. The molecule has 2 aromatic rings. The van der Waals surface area contributed by atoms with E-state index in [0.717, 1.165) is 30.2 Å². The molecule has 1 aromatic carbocycles. The van der Waals surface area contributed by atoms with Crippen LogP contribution in [0.5, 0.6) is 5.75 Å². The third kappa shape index (κ3) is 5.48. The predicted molar refractivity (Wildman–Crippen MR) is 103 cm³/mol. The third-order valence-electron chi connectivity index (χ3n) is 4.21. The molecule has 1 aromatic heterocycles. The summed E-state index contributed by atoms with van der Waals surface area (Å²) < 4.78 is 5.46. The molecule has 0 aliphatic heterocycles. The van der Waals surface area contributed by atoms with Gasteiger partial charge in [0.2, 0.25) is 5.95 Å². The second-order valence-electron chi connectivity index (χ2n) is 6.13. The summed E-state index contributed by atoms with van der Waals surface area (Å²) in [5.41, 5.74) is 2.53. The van der Waals surface area contributed by atoms with Gasteiger partial charge in [-0.15, -0.1) is 0 Å². The molecule has 0 amide bonds. The molecule has 5 heteroatoms. The number of rotatable bonds is 8. The van der Waals surface area contributed by atoms with E-state index < -0.39 is 0 Å². The van der Waals surface area contributed by atoms with Crippen molar-refractivity contribution in [2.75, 3.05) is 23.8 Å². The summed E-state index contributed by atoms with van der Waals surface area (Å²) in [6.45, 7) is 3.52. The topological polar surface area (TPSA) is 59.1 Å². The molecule has 2 N–H and O–H groups in total. The van der Waals surface area contributed by atoms with Crippen LogP contribution in [0, 0.1) is 0 Å². The lowest BCUT2D eigenvalue weighted by Gasteiger charge is -2.13. The lowest BCUT2D eigenvalue weighted by Crippen LogP contribution is -2.08. The summed E-state index contributed by atoms with van der Waals surface area (Å²) in [6, 6.07) is 9.73. The Kier molecular flexibility index (Phi) is 6.26. The first-order valence-electron chi connectivity index (χ1n) is 9.08. The Balaban J connectivity index is 1.52. The van der Waals surface area contributed by atoms with Gasteiger partial charge in [0, 0.05) is 18.4 Å². The maximum Gasteiger partial charge on any atom is 0.224 e. The molecule has 1 aliphatic rings.